The molecule has 0 bridgehead atoms. The molecular formula is C52H78ClF4N7O6. The van der Waals surface area contributed by atoms with E-state index in [1.165, 1.54) is 24.3 Å². The predicted octanol–water partition coefficient (Wildman–Crippen LogP) is 8.41. The van der Waals surface area contributed by atoms with Crippen LogP contribution in [0.15, 0.2) is 54.6 Å². The van der Waals surface area contributed by atoms with Crippen molar-refractivity contribution in [3.8, 4) is 0 Å². The number of hydrogen-bond acceptors (Lipinski definition) is 8. The van der Waals surface area contributed by atoms with E-state index in [9.17, 15) is 41.5 Å². The maximum absolute atomic E-state index is 14.0. The van der Waals surface area contributed by atoms with Crippen molar-refractivity contribution in [3.05, 3.63) is 106 Å². The highest BCUT2D eigenvalue weighted by molar-refractivity contribution is 6.00. The molecule has 0 heterocycles. The molecule has 3 aromatic carbocycles. The molecule has 4 atom stereocenters. The maximum atomic E-state index is 14.0. The molecule has 0 aliphatic carbocycles. The molecule has 3 aromatic rings. The molecule has 0 unspecified atom stereocenters. The van der Waals surface area contributed by atoms with Gasteiger partial charge in [-0.25, -0.2) is 22.4 Å². The van der Waals surface area contributed by atoms with Crippen LogP contribution >= 0.6 is 12.4 Å². The van der Waals surface area contributed by atoms with Crippen molar-refractivity contribution in [1.82, 2.24) is 25.8 Å². The van der Waals surface area contributed by atoms with Crippen LogP contribution in [-0.4, -0.2) is 102 Å². The first-order chi connectivity index (χ1) is 32.0. The minimum absolute atomic E-state index is 0. The lowest BCUT2D eigenvalue weighted by atomic mass is 9.89. The number of carbonyl (C=O) groups is 5. The molecule has 3 rings (SSSR count). The molecule has 18 heteroatoms. The lowest BCUT2D eigenvalue weighted by Crippen LogP contribution is -2.56. The standard InChI is InChI=1S/C31H44F2N4O3.C21H33F2N3O3.ClH/c1-7-9-36(10-8-2)31(40)25-12-21(5)11-24(16-25)29(38)35-28(15-23-13-26(32)17-27(33)14-23)19-37(18-20(3)4)30(39)22(6)34;1-13(2)12-25-18(27)21(6,24)11-17(26-19(28)29-20(3,4)5)9-14-7-15(22)10-16(23)8-14;/h11-14,16-17,20,22,28H,7-10,15,18-19,34H2,1-6H3,(H,35,38);7-8,10,13,17H,9,11-12,24H2,1-6H3,(H,25,27)(H,26,28);1H/t22-,28-;17-,21+;/m00./s1. The van der Waals surface area contributed by atoms with Gasteiger partial charge in [0.1, 0.15) is 28.9 Å². The van der Waals surface area contributed by atoms with Crippen molar-refractivity contribution in [2.75, 3.05) is 32.7 Å². The zero-order valence-electron chi connectivity index (χ0n) is 43.1. The summed E-state index contributed by atoms with van der Waals surface area (Å²) in [7, 11) is 0. The number of benzene rings is 3. The van der Waals surface area contributed by atoms with Gasteiger partial charge in [-0.15, -0.1) is 12.4 Å². The summed E-state index contributed by atoms with van der Waals surface area (Å²) in [6.07, 6.45) is 1.16. The SMILES string of the molecule is CC(C)CNC(=O)[C@](C)(N)C[C@H](Cc1cc(F)cc(F)c1)NC(=O)OC(C)(C)C.CCCN(CCC)C(=O)c1cc(C)cc(C(=O)N[C@@H](Cc2cc(F)cc(F)c2)CN(CC(C)C)C(=O)[C@H](C)N)c1.Cl. The van der Waals surface area contributed by atoms with Crippen LogP contribution in [0.4, 0.5) is 22.4 Å². The third kappa shape index (κ3) is 23.1. The molecule has 0 aliphatic rings. The van der Waals surface area contributed by atoms with Crippen molar-refractivity contribution in [1.29, 1.82) is 0 Å². The molecule has 70 heavy (non-hydrogen) atoms. The van der Waals surface area contributed by atoms with Gasteiger partial charge in [0.25, 0.3) is 11.8 Å². The first kappa shape index (κ1) is 62.8. The number of rotatable bonds is 22. The van der Waals surface area contributed by atoms with Crippen LogP contribution in [-0.2, 0) is 27.2 Å². The van der Waals surface area contributed by atoms with Gasteiger partial charge in [0.2, 0.25) is 11.8 Å². The lowest BCUT2D eigenvalue weighted by molar-refractivity contribution is -0.133. The Morgan fingerprint density at radius 1 is 0.671 bits per heavy atom. The van der Waals surface area contributed by atoms with E-state index < -0.39 is 64.5 Å². The van der Waals surface area contributed by atoms with E-state index in [0.29, 0.717) is 48.4 Å². The zero-order chi connectivity index (χ0) is 52.4. The Bertz CT molecular complexity index is 2140. The molecule has 0 aliphatic heterocycles. The molecule has 0 saturated carbocycles. The first-order valence-electron chi connectivity index (χ1n) is 23.7. The third-order valence-corrected chi connectivity index (χ3v) is 10.3. The quantitative estimate of drug-likeness (QED) is 0.0621. The van der Waals surface area contributed by atoms with Crippen molar-refractivity contribution in [3.63, 3.8) is 0 Å². The molecule has 0 saturated heterocycles. The number of halogens is 5. The maximum Gasteiger partial charge on any atom is 0.407 e. The summed E-state index contributed by atoms with van der Waals surface area (Å²) in [5, 5.41) is 8.39. The van der Waals surface area contributed by atoms with E-state index in [4.69, 9.17) is 16.2 Å². The van der Waals surface area contributed by atoms with Crippen LogP contribution in [0.3, 0.4) is 0 Å². The number of ether oxygens (including phenoxy) is 1. The third-order valence-electron chi connectivity index (χ3n) is 10.3. The van der Waals surface area contributed by atoms with Crippen LogP contribution in [0.25, 0.3) is 0 Å². The molecular weight excluding hydrogens is 930 g/mol. The van der Waals surface area contributed by atoms with Crippen LogP contribution in [0.5, 0.6) is 0 Å². The highest BCUT2D eigenvalue weighted by Crippen LogP contribution is 2.19. The Morgan fingerprint density at radius 3 is 1.60 bits per heavy atom. The van der Waals surface area contributed by atoms with Gasteiger partial charge >= 0.3 is 6.09 Å². The van der Waals surface area contributed by atoms with Crippen LogP contribution in [0.2, 0.25) is 0 Å². The highest BCUT2D eigenvalue weighted by Gasteiger charge is 2.33. The molecule has 0 spiro atoms. The van der Waals surface area contributed by atoms with Gasteiger partial charge < -0.3 is 42.0 Å². The number of carbonyl (C=O) groups excluding carboxylic acids is 5. The lowest BCUT2D eigenvalue weighted by Gasteiger charge is -2.31. The fourth-order valence-electron chi connectivity index (χ4n) is 7.53. The summed E-state index contributed by atoms with van der Waals surface area (Å²) in [6, 6.07) is 9.26. The van der Waals surface area contributed by atoms with Gasteiger partial charge in [0, 0.05) is 62.0 Å². The van der Waals surface area contributed by atoms with Crippen molar-refractivity contribution >= 4 is 42.1 Å². The van der Waals surface area contributed by atoms with Gasteiger partial charge in [0.15, 0.2) is 0 Å². The van der Waals surface area contributed by atoms with E-state index in [-0.39, 0.29) is 67.8 Å². The van der Waals surface area contributed by atoms with Gasteiger partial charge in [-0.3, -0.25) is 19.2 Å². The zero-order valence-corrected chi connectivity index (χ0v) is 43.9. The summed E-state index contributed by atoms with van der Waals surface area (Å²) in [5.74, 6) is -3.75. The summed E-state index contributed by atoms with van der Waals surface area (Å²) in [4.78, 5) is 67.7. The van der Waals surface area contributed by atoms with Crippen molar-refractivity contribution < 1.29 is 46.3 Å². The molecule has 5 amide bonds. The highest BCUT2D eigenvalue weighted by atomic mass is 35.5. The Kier molecular flexibility index (Phi) is 26.2. The molecule has 0 aromatic heterocycles. The monoisotopic (exact) mass is 1010 g/mol. The number of nitrogens with two attached hydrogens (primary N) is 2. The minimum Gasteiger partial charge on any atom is -0.444 e. The number of nitrogens with zero attached hydrogens (tertiary/aromatic N) is 2. The van der Waals surface area contributed by atoms with Crippen LogP contribution in [0.1, 0.15) is 133 Å². The number of nitrogens with one attached hydrogen (secondary N) is 3. The number of amides is 5. The van der Waals surface area contributed by atoms with Gasteiger partial charge in [-0.05, 0) is 145 Å². The summed E-state index contributed by atoms with van der Waals surface area (Å²) >= 11 is 0. The fraction of sp³-hybridized carbons (Fsp3) is 0.558. The number of alkyl carbamates (subject to hydrolysis) is 1. The number of aryl methyl sites for hydroxylation is 1. The Morgan fingerprint density at radius 2 is 1.16 bits per heavy atom. The van der Waals surface area contributed by atoms with Crippen LogP contribution in [0, 0.1) is 42.0 Å². The smallest absolute Gasteiger partial charge is 0.407 e. The molecule has 7 N–H and O–H groups in total. The van der Waals surface area contributed by atoms with E-state index in [0.717, 1.165) is 30.5 Å². The topological polar surface area (TPSA) is 189 Å². The summed E-state index contributed by atoms with van der Waals surface area (Å²) in [6.45, 7) is 24.2. The van der Waals surface area contributed by atoms with Gasteiger partial charge in [-0.2, -0.15) is 0 Å². The van der Waals surface area contributed by atoms with Crippen molar-refractivity contribution in [2.45, 2.75) is 144 Å². The minimum atomic E-state index is -1.31. The van der Waals surface area contributed by atoms with E-state index in [1.807, 2.05) is 48.5 Å². The van der Waals surface area contributed by atoms with Gasteiger partial charge in [0.05, 0.1) is 17.6 Å². The normalized spacial score (nSPS) is 13.4. The Labute approximate surface area is 419 Å². The predicted molar refractivity (Wildman–Crippen MR) is 270 cm³/mol. The second-order valence-corrected chi connectivity index (χ2v) is 20.0. The Hall–Kier alpha value is -5.26. The second-order valence-electron chi connectivity index (χ2n) is 20.0. The molecule has 0 radical (unpaired) electrons. The van der Waals surface area contributed by atoms with Gasteiger partial charge in [-0.1, -0.05) is 41.5 Å². The van der Waals surface area contributed by atoms with E-state index in [2.05, 4.69) is 16.0 Å². The summed E-state index contributed by atoms with van der Waals surface area (Å²) in [5.41, 5.74) is 12.2. The molecule has 13 nitrogen and oxygen atoms in total. The average molecular weight is 1010 g/mol. The molecule has 0 fully saturated rings. The van der Waals surface area contributed by atoms with Crippen LogP contribution < -0.4 is 27.4 Å². The summed E-state index contributed by atoms with van der Waals surface area (Å²) < 4.78 is 60.3. The molecule has 392 valence electrons. The Balaban J connectivity index is 0.000000726. The van der Waals surface area contributed by atoms with E-state index in [1.54, 1.807) is 62.6 Å². The largest absolute Gasteiger partial charge is 0.444 e. The van der Waals surface area contributed by atoms with Crippen molar-refractivity contribution in [2.24, 2.45) is 23.3 Å². The average Bonchev–Trinajstić information content (AvgIpc) is 3.19. The number of hydrogen-bond donors (Lipinski definition) is 5. The first-order valence-corrected chi connectivity index (χ1v) is 23.7. The van der Waals surface area contributed by atoms with E-state index >= 15 is 0 Å². The second kappa shape index (κ2) is 29.2. The fourth-order valence-corrected chi connectivity index (χ4v) is 7.53.